The Balaban J connectivity index is 2.33. The predicted octanol–water partition coefficient (Wildman–Crippen LogP) is 1.84. The summed E-state index contributed by atoms with van der Waals surface area (Å²) in [6, 6.07) is 6.74. The number of nitrogens with zero attached hydrogens (tertiary/aromatic N) is 1. The molecule has 1 heterocycles. The lowest BCUT2D eigenvalue weighted by molar-refractivity contribution is -0.142. The van der Waals surface area contributed by atoms with Gasteiger partial charge in [0.2, 0.25) is 0 Å². The van der Waals surface area contributed by atoms with E-state index in [-0.39, 0.29) is 5.41 Å². The third kappa shape index (κ3) is 2.68. The molecule has 1 atom stereocenters. The molecule has 2 rings (SSSR count). The van der Waals surface area contributed by atoms with Crippen molar-refractivity contribution >= 4 is 17.9 Å². The summed E-state index contributed by atoms with van der Waals surface area (Å²) in [5, 5.41) is 11.4. The molecule has 118 valence electrons. The van der Waals surface area contributed by atoms with E-state index in [4.69, 9.17) is 5.11 Å². The maximum absolute atomic E-state index is 12.4. The highest BCUT2D eigenvalue weighted by Crippen LogP contribution is 2.30. The van der Waals surface area contributed by atoms with Gasteiger partial charge in [-0.25, -0.2) is 4.79 Å². The minimum Gasteiger partial charge on any atom is -0.480 e. The van der Waals surface area contributed by atoms with Crippen LogP contribution < -0.4 is 5.32 Å². The molecule has 0 bridgehead atoms. The van der Waals surface area contributed by atoms with E-state index in [1.165, 1.54) is 0 Å². The van der Waals surface area contributed by atoms with Gasteiger partial charge in [0.05, 0.1) is 0 Å². The molecule has 22 heavy (non-hydrogen) atoms. The quantitative estimate of drug-likeness (QED) is 0.834. The highest BCUT2D eigenvalue weighted by Gasteiger charge is 2.49. The molecular formula is C16H20N2O4. The van der Waals surface area contributed by atoms with Gasteiger partial charge < -0.3 is 10.4 Å². The highest BCUT2D eigenvalue weighted by atomic mass is 16.4. The van der Waals surface area contributed by atoms with Crippen LogP contribution in [-0.4, -0.2) is 34.5 Å². The van der Waals surface area contributed by atoms with Crippen LogP contribution in [0.1, 0.15) is 38.8 Å². The summed E-state index contributed by atoms with van der Waals surface area (Å²) in [5.74, 6) is -1.78. The number of nitrogens with one attached hydrogen (secondary N) is 1. The zero-order chi connectivity index (χ0) is 16.7. The number of rotatable bonds is 3. The SMILES string of the molecule is CC(C)(C)c1ccc([C@]2(C)NC(=O)N(CC(=O)O)C2=O)cc1. The molecule has 0 aromatic heterocycles. The monoisotopic (exact) mass is 304 g/mol. The number of urea groups is 1. The van der Waals surface area contributed by atoms with E-state index < -0.39 is 30.0 Å². The van der Waals surface area contributed by atoms with Crippen LogP contribution in [0.5, 0.6) is 0 Å². The zero-order valence-electron chi connectivity index (χ0n) is 13.1. The predicted molar refractivity (Wildman–Crippen MR) is 80.4 cm³/mol. The summed E-state index contributed by atoms with van der Waals surface area (Å²) in [6.45, 7) is 7.20. The molecule has 1 aromatic carbocycles. The smallest absolute Gasteiger partial charge is 0.325 e. The molecule has 6 heteroatoms. The van der Waals surface area contributed by atoms with Gasteiger partial charge in [-0.2, -0.15) is 0 Å². The van der Waals surface area contributed by atoms with Crippen molar-refractivity contribution in [3.05, 3.63) is 35.4 Å². The third-order valence-electron chi connectivity index (χ3n) is 3.90. The van der Waals surface area contributed by atoms with Gasteiger partial charge in [-0.1, -0.05) is 45.0 Å². The Morgan fingerprint density at radius 3 is 2.23 bits per heavy atom. The molecule has 1 aliphatic heterocycles. The van der Waals surface area contributed by atoms with Gasteiger partial charge in [0.1, 0.15) is 12.1 Å². The minimum absolute atomic E-state index is 0.0162. The van der Waals surface area contributed by atoms with Gasteiger partial charge in [0.15, 0.2) is 0 Å². The number of imide groups is 1. The van der Waals surface area contributed by atoms with Crippen LogP contribution >= 0.6 is 0 Å². The van der Waals surface area contributed by atoms with Gasteiger partial charge in [-0.05, 0) is 23.5 Å². The molecule has 0 radical (unpaired) electrons. The summed E-state index contributed by atoms with van der Waals surface area (Å²) in [7, 11) is 0. The average molecular weight is 304 g/mol. The van der Waals surface area contributed by atoms with Crippen molar-refractivity contribution in [2.45, 2.75) is 38.6 Å². The number of hydrogen-bond acceptors (Lipinski definition) is 3. The Morgan fingerprint density at radius 1 is 1.23 bits per heavy atom. The van der Waals surface area contributed by atoms with E-state index in [9.17, 15) is 14.4 Å². The molecule has 1 fully saturated rings. The van der Waals surface area contributed by atoms with Crippen molar-refractivity contribution in [1.82, 2.24) is 10.2 Å². The van der Waals surface area contributed by atoms with Crippen LogP contribution in [0.4, 0.5) is 4.79 Å². The van der Waals surface area contributed by atoms with Crippen molar-refractivity contribution in [2.75, 3.05) is 6.54 Å². The zero-order valence-corrected chi connectivity index (χ0v) is 13.1. The largest absolute Gasteiger partial charge is 0.480 e. The Labute approximate surface area is 129 Å². The van der Waals surface area contributed by atoms with E-state index in [2.05, 4.69) is 26.1 Å². The standard InChI is InChI=1S/C16H20N2O4/c1-15(2,3)10-5-7-11(8-6-10)16(4)13(21)18(9-12(19)20)14(22)17-16/h5-8H,9H2,1-4H3,(H,17,22)(H,19,20)/t16-/m0/s1. The van der Waals surface area contributed by atoms with Crippen molar-refractivity contribution < 1.29 is 19.5 Å². The molecule has 1 saturated heterocycles. The van der Waals surface area contributed by atoms with Crippen LogP contribution in [-0.2, 0) is 20.5 Å². The van der Waals surface area contributed by atoms with E-state index in [1.54, 1.807) is 19.1 Å². The summed E-state index contributed by atoms with van der Waals surface area (Å²) in [5.41, 5.74) is 0.492. The summed E-state index contributed by atoms with van der Waals surface area (Å²) in [4.78, 5) is 35.8. The molecule has 0 spiro atoms. The van der Waals surface area contributed by atoms with Crippen LogP contribution in [0.2, 0.25) is 0 Å². The maximum atomic E-state index is 12.4. The Kier molecular flexibility index (Phi) is 3.73. The Hall–Kier alpha value is -2.37. The van der Waals surface area contributed by atoms with Crippen LogP contribution in [0.25, 0.3) is 0 Å². The topological polar surface area (TPSA) is 86.7 Å². The molecule has 2 N–H and O–H groups in total. The first-order valence-electron chi connectivity index (χ1n) is 7.02. The van der Waals surface area contributed by atoms with Crippen LogP contribution in [0.3, 0.4) is 0 Å². The van der Waals surface area contributed by atoms with E-state index in [0.717, 1.165) is 10.5 Å². The van der Waals surface area contributed by atoms with Crippen molar-refractivity contribution in [1.29, 1.82) is 0 Å². The lowest BCUT2D eigenvalue weighted by atomic mass is 9.84. The number of hydrogen-bond donors (Lipinski definition) is 2. The van der Waals surface area contributed by atoms with Crippen molar-refractivity contribution in [3.8, 4) is 0 Å². The van der Waals surface area contributed by atoms with Crippen LogP contribution in [0.15, 0.2) is 24.3 Å². The number of carboxylic acid groups (broad SMARTS) is 1. The van der Waals surface area contributed by atoms with Gasteiger partial charge >= 0.3 is 12.0 Å². The second-order valence-corrected chi connectivity index (χ2v) is 6.67. The summed E-state index contributed by atoms with van der Waals surface area (Å²) >= 11 is 0. The number of carbonyl (C=O) groups excluding carboxylic acids is 2. The number of aliphatic carboxylic acids is 1. The fourth-order valence-corrected chi connectivity index (χ4v) is 2.48. The first-order chi connectivity index (χ1) is 10.1. The molecule has 6 nitrogen and oxygen atoms in total. The fraction of sp³-hybridized carbons (Fsp3) is 0.438. The first-order valence-corrected chi connectivity index (χ1v) is 7.02. The first kappa shape index (κ1) is 16.0. The lowest BCUT2D eigenvalue weighted by Crippen LogP contribution is -2.41. The lowest BCUT2D eigenvalue weighted by Gasteiger charge is -2.24. The molecule has 0 aliphatic carbocycles. The van der Waals surface area contributed by atoms with E-state index >= 15 is 0 Å². The van der Waals surface area contributed by atoms with Gasteiger partial charge in [-0.15, -0.1) is 0 Å². The van der Waals surface area contributed by atoms with Crippen LogP contribution in [0, 0.1) is 0 Å². The average Bonchev–Trinajstić information content (AvgIpc) is 2.62. The molecule has 0 unspecified atom stereocenters. The molecule has 3 amide bonds. The summed E-state index contributed by atoms with van der Waals surface area (Å²) in [6.07, 6.45) is 0. The molecule has 1 aromatic rings. The maximum Gasteiger partial charge on any atom is 0.325 e. The molecule has 1 aliphatic rings. The van der Waals surface area contributed by atoms with E-state index in [1.807, 2.05) is 12.1 Å². The van der Waals surface area contributed by atoms with Crippen molar-refractivity contribution in [2.24, 2.45) is 0 Å². The normalized spacial score (nSPS) is 21.9. The molecular weight excluding hydrogens is 284 g/mol. The van der Waals surface area contributed by atoms with E-state index in [0.29, 0.717) is 5.56 Å². The summed E-state index contributed by atoms with van der Waals surface area (Å²) < 4.78 is 0. The Morgan fingerprint density at radius 2 is 1.77 bits per heavy atom. The number of carbonyl (C=O) groups is 3. The number of benzene rings is 1. The van der Waals surface area contributed by atoms with Gasteiger partial charge in [-0.3, -0.25) is 14.5 Å². The van der Waals surface area contributed by atoms with Gasteiger partial charge in [0, 0.05) is 0 Å². The van der Waals surface area contributed by atoms with Crippen molar-refractivity contribution in [3.63, 3.8) is 0 Å². The fourth-order valence-electron chi connectivity index (χ4n) is 2.48. The van der Waals surface area contributed by atoms with Gasteiger partial charge in [0.25, 0.3) is 5.91 Å². The molecule has 0 saturated carbocycles. The number of carboxylic acids is 1. The minimum atomic E-state index is -1.23. The third-order valence-corrected chi connectivity index (χ3v) is 3.90. The second-order valence-electron chi connectivity index (χ2n) is 6.67. The Bertz CT molecular complexity index is 631. The highest BCUT2D eigenvalue weighted by molar-refractivity contribution is 6.08. The number of amides is 3. The second kappa shape index (κ2) is 5.12.